The number of aliphatic hydroxyl groups excluding tert-OH is 1. The molecule has 190 valence electrons. The Labute approximate surface area is 209 Å². The molecule has 0 radical (unpaired) electrons. The minimum Gasteiger partial charge on any atom is -0.394 e. The summed E-state index contributed by atoms with van der Waals surface area (Å²) in [6, 6.07) is 9.65. The average Bonchev–Trinajstić information content (AvgIpc) is 3.62. The molecule has 1 saturated carbocycles. The average molecular weight is 509 g/mol. The first-order valence-electron chi connectivity index (χ1n) is 12.1. The molecule has 1 aliphatic carbocycles. The Morgan fingerprint density at radius 3 is 2.68 bits per heavy atom. The molecule has 1 saturated heterocycles. The van der Waals surface area contributed by atoms with Gasteiger partial charge in [0.05, 0.1) is 30.5 Å². The molecule has 6 rings (SSSR count). The number of aromatic nitrogens is 4. The zero-order chi connectivity index (χ0) is 25.9. The van der Waals surface area contributed by atoms with E-state index in [1.807, 2.05) is 17.0 Å². The molecular weight excluding hydrogens is 485 g/mol. The lowest BCUT2D eigenvalue weighted by Gasteiger charge is -2.41. The molecule has 2 aliphatic rings. The third-order valence-electron chi connectivity index (χ3n) is 6.98. The van der Waals surface area contributed by atoms with Crippen molar-refractivity contribution in [2.24, 2.45) is 0 Å². The van der Waals surface area contributed by atoms with E-state index in [0.717, 1.165) is 33.8 Å². The minimum absolute atomic E-state index is 0.119. The van der Waals surface area contributed by atoms with Gasteiger partial charge in [-0.1, -0.05) is 12.1 Å². The van der Waals surface area contributed by atoms with Crippen LogP contribution in [0.15, 0.2) is 30.5 Å². The van der Waals surface area contributed by atoms with Crippen molar-refractivity contribution < 1.29 is 23.0 Å². The summed E-state index contributed by atoms with van der Waals surface area (Å²) >= 11 is 0. The lowest BCUT2D eigenvalue weighted by Crippen LogP contribution is -2.53. The van der Waals surface area contributed by atoms with Crippen molar-refractivity contribution in [1.82, 2.24) is 19.6 Å². The molecule has 37 heavy (non-hydrogen) atoms. The predicted octanol–water partition coefficient (Wildman–Crippen LogP) is 4.22. The monoisotopic (exact) mass is 508 g/mol. The van der Waals surface area contributed by atoms with Crippen molar-refractivity contribution >= 4 is 22.4 Å². The summed E-state index contributed by atoms with van der Waals surface area (Å²) < 4.78 is 48.2. The zero-order valence-corrected chi connectivity index (χ0v) is 20.0. The smallest absolute Gasteiger partial charge is 0.394 e. The molecule has 0 atom stereocenters. The highest BCUT2D eigenvalue weighted by atomic mass is 19.4. The molecule has 4 heterocycles. The number of fused-ring (bicyclic) bond motifs is 2. The quantitative estimate of drug-likeness (QED) is 0.416. The Balaban J connectivity index is 1.58. The van der Waals surface area contributed by atoms with Crippen LogP contribution in [0.25, 0.3) is 27.7 Å². The molecule has 8 nitrogen and oxygen atoms in total. The second-order valence-electron chi connectivity index (χ2n) is 9.50. The van der Waals surface area contributed by atoms with E-state index in [1.165, 1.54) is 5.56 Å². The van der Waals surface area contributed by atoms with Gasteiger partial charge >= 0.3 is 6.18 Å². The Bertz CT molecular complexity index is 1570. The van der Waals surface area contributed by atoms with Gasteiger partial charge in [-0.05, 0) is 48.9 Å². The third-order valence-corrected chi connectivity index (χ3v) is 6.98. The summed E-state index contributed by atoms with van der Waals surface area (Å²) in [6.45, 7) is 2.57. The number of aryl methyl sites for hydroxylation is 1. The van der Waals surface area contributed by atoms with Gasteiger partial charge in [-0.3, -0.25) is 4.98 Å². The van der Waals surface area contributed by atoms with Gasteiger partial charge in [-0.25, -0.2) is 4.98 Å². The SMILES string of the molecule is Cc1nc2c(C#N)c(C(F)(F)F)nn2c(N2CC(OCCO)C2)c1-c1ccnc2cc(C3CC3)ccc12. The number of hydrogen-bond donors (Lipinski definition) is 1. The van der Waals surface area contributed by atoms with Crippen molar-refractivity contribution in [3.63, 3.8) is 0 Å². The molecule has 11 heteroatoms. The number of nitrogens with zero attached hydrogens (tertiary/aromatic N) is 6. The second-order valence-corrected chi connectivity index (χ2v) is 9.50. The van der Waals surface area contributed by atoms with Gasteiger partial charge in [0.25, 0.3) is 0 Å². The highest BCUT2D eigenvalue weighted by Crippen LogP contribution is 2.44. The van der Waals surface area contributed by atoms with E-state index in [0.29, 0.717) is 36.1 Å². The first-order valence-corrected chi connectivity index (χ1v) is 12.1. The van der Waals surface area contributed by atoms with Crippen molar-refractivity contribution in [2.75, 3.05) is 31.2 Å². The Morgan fingerprint density at radius 2 is 2.00 bits per heavy atom. The standard InChI is InChI=1S/C26H23F3N6O2/c1-14-22(19-6-7-31-21-10-16(15-2-3-15)4-5-18(19)21)25(34-12-17(13-34)37-9-8-36)35-24(32-14)20(11-30)23(33-35)26(27,28)29/h4-7,10,15,17,36H,2-3,8-9,12-13H2,1H3. The zero-order valence-electron chi connectivity index (χ0n) is 20.0. The molecule has 0 amide bonds. The van der Waals surface area contributed by atoms with Crippen LogP contribution in [-0.2, 0) is 10.9 Å². The van der Waals surface area contributed by atoms with Crippen LogP contribution in [-0.4, -0.2) is 57.1 Å². The van der Waals surface area contributed by atoms with Crippen LogP contribution in [0.3, 0.4) is 0 Å². The van der Waals surface area contributed by atoms with Gasteiger partial charge in [-0.2, -0.15) is 28.0 Å². The Hall–Kier alpha value is -3.75. The number of rotatable bonds is 6. The van der Waals surface area contributed by atoms with Crippen molar-refractivity contribution in [2.45, 2.75) is 38.0 Å². The second kappa shape index (κ2) is 8.68. The van der Waals surface area contributed by atoms with Gasteiger partial charge < -0.3 is 14.7 Å². The number of benzene rings is 1. The molecule has 1 N–H and O–H groups in total. The largest absolute Gasteiger partial charge is 0.436 e. The maximum Gasteiger partial charge on any atom is 0.436 e. The summed E-state index contributed by atoms with van der Waals surface area (Å²) in [5, 5.41) is 23.4. The maximum atomic E-state index is 13.8. The van der Waals surface area contributed by atoms with E-state index in [1.54, 1.807) is 19.2 Å². The van der Waals surface area contributed by atoms with Gasteiger partial charge in [0, 0.05) is 30.2 Å². The van der Waals surface area contributed by atoms with Crippen molar-refractivity contribution in [3.8, 4) is 17.2 Å². The molecule has 0 unspecified atom stereocenters. The predicted molar refractivity (Wildman–Crippen MR) is 129 cm³/mol. The molecule has 3 aromatic heterocycles. The van der Waals surface area contributed by atoms with E-state index < -0.39 is 17.4 Å². The number of halogens is 3. The highest BCUT2D eigenvalue weighted by molar-refractivity contribution is 5.99. The van der Waals surface area contributed by atoms with E-state index >= 15 is 0 Å². The van der Waals surface area contributed by atoms with Gasteiger partial charge in [-0.15, -0.1) is 0 Å². The number of hydrogen-bond acceptors (Lipinski definition) is 7. The van der Waals surface area contributed by atoms with E-state index in [4.69, 9.17) is 9.84 Å². The fourth-order valence-corrected chi connectivity index (χ4v) is 5.04. The van der Waals surface area contributed by atoms with Crippen LogP contribution < -0.4 is 4.90 Å². The molecule has 4 aromatic rings. The molecule has 1 aliphatic heterocycles. The van der Waals surface area contributed by atoms with E-state index in [2.05, 4.69) is 27.2 Å². The van der Waals surface area contributed by atoms with Crippen molar-refractivity contribution in [1.29, 1.82) is 5.26 Å². The first kappa shape index (κ1) is 23.6. The lowest BCUT2D eigenvalue weighted by molar-refractivity contribution is -0.141. The number of nitriles is 1. The van der Waals surface area contributed by atoms with Crippen LogP contribution in [0.4, 0.5) is 19.0 Å². The third kappa shape index (κ3) is 3.97. The van der Waals surface area contributed by atoms with Crippen LogP contribution in [0.1, 0.15) is 41.3 Å². The summed E-state index contributed by atoms with van der Waals surface area (Å²) in [6.07, 6.45) is -0.992. The van der Waals surface area contributed by atoms with Gasteiger partial charge in [0.2, 0.25) is 0 Å². The molecule has 0 bridgehead atoms. The number of alkyl halides is 3. The topological polar surface area (TPSA) is 99.6 Å². The number of anilines is 1. The van der Waals surface area contributed by atoms with Gasteiger partial charge in [0.1, 0.15) is 17.5 Å². The lowest BCUT2D eigenvalue weighted by atomic mass is 9.97. The fraction of sp³-hybridized carbons (Fsp3) is 0.385. The summed E-state index contributed by atoms with van der Waals surface area (Å²) in [4.78, 5) is 10.9. The van der Waals surface area contributed by atoms with Crippen LogP contribution in [0, 0.1) is 18.3 Å². The molecule has 1 aromatic carbocycles. The van der Waals surface area contributed by atoms with E-state index in [9.17, 15) is 18.4 Å². The van der Waals surface area contributed by atoms with Crippen LogP contribution in [0.2, 0.25) is 0 Å². The summed E-state index contributed by atoms with van der Waals surface area (Å²) in [5.41, 5.74) is 1.90. The number of aliphatic hydroxyl groups is 1. The summed E-state index contributed by atoms with van der Waals surface area (Å²) in [5.74, 6) is 0.966. The molecule has 2 fully saturated rings. The molecular formula is C26H23F3N6O2. The van der Waals surface area contributed by atoms with Crippen LogP contribution >= 0.6 is 0 Å². The van der Waals surface area contributed by atoms with Crippen LogP contribution in [0.5, 0.6) is 0 Å². The summed E-state index contributed by atoms with van der Waals surface area (Å²) in [7, 11) is 0. The Kier molecular flexibility index (Phi) is 5.54. The van der Waals surface area contributed by atoms with Crippen molar-refractivity contribution in [3.05, 3.63) is 53.0 Å². The number of pyridine rings is 1. The minimum atomic E-state index is -4.81. The first-order chi connectivity index (χ1) is 17.8. The van der Waals surface area contributed by atoms with E-state index in [-0.39, 0.29) is 25.0 Å². The molecule has 0 spiro atoms. The van der Waals surface area contributed by atoms with Gasteiger partial charge in [0.15, 0.2) is 11.3 Å². The Morgan fingerprint density at radius 1 is 1.22 bits per heavy atom. The normalized spacial score (nSPS) is 16.4. The maximum absolute atomic E-state index is 13.8. The highest BCUT2D eigenvalue weighted by Gasteiger charge is 2.41. The number of ether oxygens (including phenoxy) is 1. The fourth-order valence-electron chi connectivity index (χ4n) is 5.04.